The summed E-state index contributed by atoms with van der Waals surface area (Å²) in [6.07, 6.45) is 5.24. The molecule has 0 saturated heterocycles. The smallest absolute Gasteiger partial charge is 0.140 e. The molecule has 98 valence electrons. The fourth-order valence-electron chi connectivity index (χ4n) is 1.77. The summed E-state index contributed by atoms with van der Waals surface area (Å²) in [5.41, 5.74) is 0. The molecule has 4 nitrogen and oxygen atoms in total. The largest absolute Gasteiger partial charge is 0.307 e. The summed E-state index contributed by atoms with van der Waals surface area (Å²) in [6, 6.07) is 0.546. The summed E-state index contributed by atoms with van der Waals surface area (Å²) in [4.78, 5) is 4.29. The third kappa shape index (κ3) is 5.31. The van der Waals surface area contributed by atoms with Crippen LogP contribution in [0.2, 0.25) is 0 Å². The van der Waals surface area contributed by atoms with Crippen LogP contribution in [0, 0.1) is 5.92 Å². The number of aromatic nitrogens is 3. The fourth-order valence-corrected chi connectivity index (χ4v) is 1.77. The van der Waals surface area contributed by atoms with Gasteiger partial charge in [0, 0.05) is 12.6 Å². The van der Waals surface area contributed by atoms with Crippen molar-refractivity contribution < 1.29 is 0 Å². The topological polar surface area (TPSA) is 42.7 Å². The number of rotatable bonds is 8. The van der Waals surface area contributed by atoms with Gasteiger partial charge in [-0.25, -0.2) is 9.67 Å². The number of aryl methyl sites for hydroxylation is 1. The molecule has 1 aromatic rings. The van der Waals surface area contributed by atoms with Gasteiger partial charge >= 0.3 is 0 Å². The Morgan fingerprint density at radius 1 is 1.29 bits per heavy atom. The van der Waals surface area contributed by atoms with Crippen LogP contribution in [0.4, 0.5) is 0 Å². The van der Waals surface area contributed by atoms with Gasteiger partial charge in [0.2, 0.25) is 0 Å². The maximum Gasteiger partial charge on any atom is 0.140 e. The van der Waals surface area contributed by atoms with E-state index >= 15 is 0 Å². The van der Waals surface area contributed by atoms with Crippen molar-refractivity contribution >= 4 is 0 Å². The van der Waals surface area contributed by atoms with E-state index in [4.69, 9.17) is 0 Å². The number of nitrogens with one attached hydrogen (secondary N) is 1. The monoisotopic (exact) mass is 238 g/mol. The summed E-state index contributed by atoms with van der Waals surface area (Å²) in [6.45, 7) is 10.7. The van der Waals surface area contributed by atoms with Gasteiger partial charge < -0.3 is 5.32 Å². The molecule has 0 bridgehead atoms. The normalized spacial score (nSPS) is 13.2. The zero-order valence-electron chi connectivity index (χ0n) is 11.6. The molecule has 4 heteroatoms. The van der Waals surface area contributed by atoms with E-state index < -0.39 is 0 Å². The highest BCUT2D eigenvalue weighted by Gasteiger charge is 2.07. The van der Waals surface area contributed by atoms with Crippen LogP contribution in [-0.2, 0) is 13.1 Å². The van der Waals surface area contributed by atoms with Crippen LogP contribution in [0.1, 0.15) is 52.8 Å². The van der Waals surface area contributed by atoms with E-state index in [2.05, 4.69) is 43.1 Å². The van der Waals surface area contributed by atoms with Crippen molar-refractivity contribution in [2.24, 2.45) is 5.92 Å². The minimum Gasteiger partial charge on any atom is -0.307 e. The Hall–Kier alpha value is -0.900. The summed E-state index contributed by atoms with van der Waals surface area (Å²) < 4.78 is 1.99. The van der Waals surface area contributed by atoms with Gasteiger partial charge in [0.25, 0.3) is 0 Å². The van der Waals surface area contributed by atoms with Gasteiger partial charge in [-0.3, -0.25) is 0 Å². The van der Waals surface area contributed by atoms with Crippen LogP contribution in [-0.4, -0.2) is 20.8 Å². The second-order valence-corrected chi connectivity index (χ2v) is 5.15. The van der Waals surface area contributed by atoms with Gasteiger partial charge in [0.1, 0.15) is 12.2 Å². The molecule has 0 aliphatic carbocycles. The van der Waals surface area contributed by atoms with E-state index in [1.807, 2.05) is 4.68 Å². The summed E-state index contributed by atoms with van der Waals surface area (Å²) >= 11 is 0. The molecular weight excluding hydrogens is 212 g/mol. The molecule has 0 aromatic carbocycles. The van der Waals surface area contributed by atoms with Gasteiger partial charge in [-0.1, -0.05) is 20.8 Å². The van der Waals surface area contributed by atoms with Crippen LogP contribution in [0.25, 0.3) is 0 Å². The first-order chi connectivity index (χ1) is 8.13. The van der Waals surface area contributed by atoms with Gasteiger partial charge in [-0.15, -0.1) is 0 Å². The average molecular weight is 238 g/mol. The molecule has 1 atom stereocenters. The zero-order valence-corrected chi connectivity index (χ0v) is 11.6. The molecule has 1 heterocycles. The molecule has 0 aliphatic heterocycles. The fraction of sp³-hybridized carbons (Fsp3) is 0.846. The highest BCUT2D eigenvalue weighted by Crippen LogP contribution is 2.07. The highest BCUT2D eigenvalue weighted by atomic mass is 15.3. The Morgan fingerprint density at radius 3 is 2.71 bits per heavy atom. The lowest BCUT2D eigenvalue weighted by Gasteiger charge is -2.14. The first kappa shape index (κ1) is 14.2. The standard InChI is InChI=1S/C13H26N4/c1-5-8-17-13(15-10-16-17)9-14-12(4)7-6-11(2)3/h10-12,14H,5-9H2,1-4H3. The van der Waals surface area contributed by atoms with Crippen LogP contribution in [0.3, 0.4) is 0 Å². The predicted molar refractivity (Wildman–Crippen MR) is 70.7 cm³/mol. The summed E-state index contributed by atoms with van der Waals surface area (Å²) in [5, 5.41) is 7.74. The van der Waals surface area contributed by atoms with Crippen molar-refractivity contribution in [3.05, 3.63) is 12.2 Å². The molecular formula is C13H26N4. The SMILES string of the molecule is CCCn1ncnc1CNC(C)CCC(C)C. The van der Waals surface area contributed by atoms with Crippen LogP contribution < -0.4 is 5.32 Å². The van der Waals surface area contributed by atoms with Gasteiger partial charge in [0.15, 0.2) is 0 Å². The van der Waals surface area contributed by atoms with Crippen molar-refractivity contribution in [2.45, 2.75) is 66.1 Å². The molecule has 17 heavy (non-hydrogen) atoms. The van der Waals surface area contributed by atoms with Gasteiger partial charge in [-0.2, -0.15) is 5.10 Å². The Kier molecular flexibility index (Phi) is 6.19. The Morgan fingerprint density at radius 2 is 2.06 bits per heavy atom. The van der Waals surface area contributed by atoms with Gasteiger partial charge in [0.05, 0.1) is 6.54 Å². The maximum absolute atomic E-state index is 4.29. The summed E-state index contributed by atoms with van der Waals surface area (Å²) in [5.74, 6) is 1.83. The van der Waals surface area contributed by atoms with Gasteiger partial charge in [-0.05, 0) is 32.1 Å². The minimum absolute atomic E-state index is 0.546. The third-order valence-electron chi connectivity index (χ3n) is 2.92. The molecule has 1 aromatic heterocycles. The molecule has 1 unspecified atom stereocenters. The van der Waals surface area contributed by atoms with Crippen LogP contribution in [0.5, 0.6) is 0 Å². The van der Waals surface area contributed by atoms with E-state index in [0.29, 0.717) is 6.04 Å². The van der Waals surface area contributed by atoms with Crippen molar-refractivity contribution in [1.29, 1.82) is 0 Å². The van der Waals surface area contributed by atoms with Crippen LogP contribution in [0.15, 0.2) is 6.33 Å². The molecule has 0 amide bonds. The average Bonchev–Trinajstić information content (AvgIpc) is 2.71. The molecule has 0 saturated carbocycles. The Balaban J connectivity index is 2.31. The molecule has 0 fully saturated rings. The highest BCUT2D eigenvalue weighted by molar-refractivity contribution is 4.84. The zero-order chi connectivity index (χ0) is 12.7. The van der Waals surface area contributed by atoms with Crippen molar-refractivity contribution in [3.63, 3.8) is 0 Å². The lowest BCUT2D eigenvalue weighted by molar-refractivity contribution is 0.437. The predicted octanol–water partition coefficient (Wildman–Crippen LogP) is 2.60. The molecule has 0 aliphatic rings. The van der Waals surface area contributed by atoms with E-state index in [0.717, 1.165) is 31.3 Å². The third-order valence-corrected chi connectivity index (χ3v) is 2.92. The second-order valence-electron chi connectivity index (χ2n) is 5.15. The minimum atomic E-state index is 0.546. The second kappa shape index (κ2) is 7.43. The summed E-state index contributed by atoms with van der Waals surface area (Å²) in [7, 11) is 0. The molecule has 0 radical (unpaired) electrons. The lowest BCUT2D eigenvalue weighted by atomic mass is 10.0. The first-order valence-electron chi connectivity index (χ1n) is 6.73. The van der Waals surface area contributed by atoms with E-state index in [-0.39, 0.29) is 0 Å². The van der Waals surface area contributed by atoms with Crippen LogP contribution >= 0.6 is 0 Å². The maximum atomic E-state index is 4.29. The quantitative estimate of drug-likeness (QED) is 0.757. The van der Waals surface area contributed by atoms with E-state index in [9.17, 15) is 0 Å². The van der Waals surface area contributed by atoms with Crippen molar-refractivity contribution in [2.75, 3.05) is 0 Å². The lowest BCUT2D eigenvalue weighted by Crippen LogP contribution is -2.27. The Labute approximate surface area is 105 Å². The van der Waals surface area contributed by atoms with Crippen molar-refractivity contribution in [1.82, 2.24) is 20.1 Å². The van der Waals surface area contributed by atoms with E-state index in [1.165, 1.54) is 12.8 Å². The number of nitrogens with zero attached hydrogens (tertiary/aromatic N) is 3. The molecule has 0 spiro atoms. The number of hydrogen-bond acceptors (Lipinski definition) is 3. The number of hydrogen-bond donors (Lipinski definition) is 1. The first-order valence-corrected chi connectivity index (χ1v) is 6.73. The Bertz CT molecular complexity index is 306. The molecule has 1 rings (SSSR count). The van der Waals surface area contributed by atoms with Crippen molar-refractivity contribution in [3.8, 4) is 0 Å². The molecule has 1 N–H and O–H groups in total. The van der Waals surface area contributed by atoms with E-state index in [1.54, 1.807) is 6.33 Å².